The molecule has 1 atom stereocenters. The number of aliphatic hydroxyl groups excluding tert-OH is 1. The zero-order valence-corrected chi connectivity index (χ0v) is 10.0. The smallest absolute Gasteiger partial charge is 0.183 e. The van der Waals surface area contributed by atoms with Crippen LogP contribution in [-0.4, -0.2) is 25.4 Å². The van der Waals surface area contributed by atoms with Gasteiger partial charge in [0.25, 0.3) is 0 Å². The van der Waals surface area contributed by atoms with Crippen LogP contribution in [0.1, 0.15) is 6.92 Å². The minimum Gasteiger partial charge on any atom is -0.395 e. The molecule has 0 saturated heterocycles. The van der Waals surface area contributed by atoms with Crippen molar-refractivity contribution in [2.75, 3.05) is 6.61 Å². The minimum absolute atomic E-state index is 0.238. The van der Waals surface area contributed by atoms with Crippen LogP contribution in [0.4, 0.5) is 0 Å². The normalized spacial score (nSPS) is 13.9. The van der Waals surface area contributed by atoms with Crippen LogP contribution in [-0.2, 0) is 9.84 Å². The minimum atomic E-state index is -3.38. The lowest BCUT2D eigenvalue weighted by atomic mass is 10.4. The van der Waals surface area contributed by atoms with Crippen molar-refractivity contribution in [3.8, 4) is 0 Å². The van der Waals surface area contributed by atoms with Crippen LogP contribution in [0.2, 0.25) is 0 Å². The van der Waals surface area contributed by atoms with Crippen molar-refractivity contribution in [2.45, 2.75) is 17.1 Å². The van der Waals surface area contributed by atoms with Gasteiger partial charge < -0.3 is 5.11 Å². The molecule has 78 valence electrons. The number of halogens is 1. The fourth-order valence-electron chi connectivity index (χ4n) is 0.955. The molecule has 0 saturated carbocycles. The standard InChI is InChI=1S/C9H11BrO3S/c1-7(6-11)14(12,13)9-4-2-8(10)3-5-9/h2-5,7,11H,6H2,1H3/t7-/m0/s1. The summed E-state index contributed by atoms with van der Waals surface area (Å²) in [6, 6.07) is 6.37. The highest BCUT2D eigenvalue weighted by molar-refractivity contribution is 9.10. The van der Waals surface area contributed by atoms with Crippen LogP contribution >= 0.6 is 15.9 Å². The molecule has 0 aliphatic carbocycles. The molecule has 0 radical (unpaired) electrons. The molecule has 1 N–H and O–H groups in total. The molecular formula is C9H11BrO3S. The second-order valence-electron chi connectivity index (χ2n) is 2.99. The highest BCUT2D eigenvalue weighted by Gasteiger charge is 2.21. The number of benzene rings is 1. The van der Waals surface area contributed by atoms with Crippen molar-refractivity contribution in [3.05, 3.63) is 28.7 Å². The molecule has 1 aromatic rings. The first-order valence-electron chi connectivity index (χ1n) is 4.09. The Morgan fingerprint density at radius 2 is 1.86 bits per heavy atom. The number of aliphatic hydroxyl groups is 1. The van der Waals surface area contributed by atoms with E-state index in [9.17, 15) is 8.42 Å². The molecule has 0 bridgehead atoms. The topological polar surface area (TPSA) is 54.4 Å². The molecule has 1 aromatic carbocycles. The molecule has 0 heterocycles. The summed E-state index contributed by atoms with van der Waals surface area (Å²) in [5.74, 6) is 0. The Morgan fingerprint density at radius 1 is 1.36 bits per heavy atom. The molecule has 3 nitrogen and oxygen atoms in total. The third-order valence-electron chi connectivity index (χ3n) is 1.93. The van der Waals surface area contributed by atoms with Crippen molar-refractivity contribution in [1.82, 2.24) is 0 Å². The van der Waals surface area contributed by atoms with E-state index < -0.39 is 15.1 Å². The Hall–Kier alpha value is -0.390. The second-order valence-corrected chi connectivity index (χ2v) is 6.27. The molecular weight excluding hydrogens is 268 g/mol. The van der Waals surface area contributed by atoms with E-state index in [0.717, 1.165) is 4.47 Å². The van der Waals surface area contributed by atoms with Crippen molar-refractivity contribution in [3.63, 3.8) is 0 Å². The van der Waals surface area contributed by atoms with Gasteiger partial charge in [-0.25, -0.2) is 8.42 Å². The Kier molecular flexibility index (Phi) is 3.69. The van der Waals surface area contributed by atoms with Crippen LogP contribution in [0.5, 0.6) is 0 Å². The van der Waals surface area contributed by atoms with Crippen LogP contribution in [0, 0.1) is 0 Å². The molecule has 0 unspecified atom stereocenters. The third kappa shape index (κ3) is 2.34. The van der Waals surface area contributed by atoms with Crippen molar-refractivity contribution in [1.29, 1.82) is 0 Å². The average molecular weight is 279 g/mol. The fraction of sp³-hybridized carbons (Fsp3) is 0.333. The van der Waals surface area contributed by atoms with Gasteiger partial charge in [0.15, 0.2) is 9.84 Å². The summed E-state index contributed by atoms with van der Waals surface area (Å²) in [5, 5.41) is 8.04. The Morgan fingerprint density at radius 3 is 2.29 bits per heavy atom. The monoisotopic (exact) mass is 278 g/mol. The van der Waals surface area contributed by atoms with Gasteiger partial charge in [0.05, 0.1) is 16.8 Å². The fourth-order valence-corrected chi connectivity index (χ4v) is 2.40. The second kappa shape index (κ2) is 4.42. The highest BCUT2D eigenvalue weighted by Crippen LogP contribution is 2.18. The average Bonchev–Trinajstić information content (AvgIpc) is 2.17. The summed E-state index contributed by atoms with van der Waals surface area (Å²) < 4.78 is 24.2. The number of rotatable bonds is 3. The maximum atomic E-state index is 11.7. The quantitative estimate of drug-likeness (QED) is 0.914. The SMILES string of the molecule is C[C@@H](CO)S(=O)(=O)c1ccc(Br)cc1. The lowest BCUT2D eigenvalue weighted by Crippen LogP contribution is -2.21. The number of hydrogen-bond donors (Lipinski definition) is 1. The molecule has 14 heavy (non-hydrogen) atoms. The molecule has 0 amide bonds. The van der Waals surface area contributed by atoms with Gasteiger partial charge in [-0.2, -0.15) is 0 Å². The molecule has 5 heteroatoms. The summed E-state index contributed by atoms with van der Waals surface area (Å²) in [4.78, 5) is 0.238. The van der Waals surface area contributed by atoms with Gasteiger partial charge in [-0.05, 0) is 31.2 Å². The Balaban J connectivity index is 3.11. The summed E-state index contributed by atoms with van der Waals surface area (Å²) in [6.45, 7) is 1.12. The molecule has 0 aromatic heterocycles. The Labute approximate surface area is 91.8 Å². The maximum Gasteiger partial charge on any atom is 0.183 e. The summed E-state index contributed by atoms with van der Waals surface area (Å²) in [5.41, 5.74) is 0. The summed E-state index contributed by atoms with van der Waals surface area (Å²) in [6.07, 6.45) is 0. The van der Waals surface area contributed by atoms with Gasteiger partial charge in [-0.1, -0.05) is 15.9 Å². The highest BCUT2D eigenvalue weighted by atomic mass is 79.9. The van der Waals surface area contributed by atoms with E-state index in [1.807, 2.05) is 0 Å². The zero-order valence-electron chi connectivity index (χ0n) is 7.64. The van der Waals surface area contributed by atoms with Crippen molar-refractivity contribution >= 4 is 25.8 Å². The zero-order chi connectivity index (χ0) is 10.8. The van der Waals surface area contributed by atoms with E-state index in [1.165, 1.54) is 19.1 Å². The first-order chi connectivity index (χ1) is 6.48. The lowest BCUT2D eigenvalue weighted by molar-refractivity contribution is 0.295. The first-order valence-corrected chi connectivity index (χ1v) is 6.42. The predicted molar refractivity (Wildman–Crippen MR) is 57.9 cm³/mol. The van der Waals surface area contributed by atoms with Gasteiger partial charge in [-0.15, -0.1) is 0 Å². The van der Waals surface area contributed by atoms with E-state index in [-0.39, 0.29) is 11.5 Å². The van der Waals surface area contributed by atoms with E-state index in [4.69, 9.17) is 5.11 Å². The van der Waals surface area contributed by atoms with Crippen molar-refractivity contribution in [2.24, 2.45) is 0 Å². The van der Waals surface area contributed by atoms with E-state index >= 15 is 0 Å². The van der Waals surface area contributed by atoms with Gasteiger partial charge in [0.2, 0.25) is 0 Å². The van der Waals surface area contributed by atoms with Crippen molar-refractivity contribution < 1.29 is 13.5 Å². The molecule has 0 aliphatic rings. The summed E-state index contributed by atoms with van der Waals surface area (Å²) >= 11 is 3.22. The van der Waals surface area contributed by atoms with E-state index in [1.54, 1.807) is 12.1 Å². The third-order valence-corrected chi connectivity index (χ3v) is 4.60. The molecule has 0 fully saturated rings. The van der Waals surface area contributed by atoms with Gasteiger partial charge >= 0.3 is 0 Å². The van der Waals surface area contributed by atoms with Crippen LogP contribution < -0.4 is 0 Å². The molecule has 0 aliphatic heterocycles. The molecule has 0 spiro atoms. The van der Waals surface area contributed by atoms with Gasteiger partial charge in [0.1, 0.15) is 0 Å². The van der Waals surface area contributed by atoms with Gasteiger partial charge in [0, 0.05) is 4.47 Å². The number of hydrogen-bond acceptors (Lipinski definition) is 3. The number of sulfone groups is 1. The van der Waals surface area contributed by atoms with Crippen LogP contribution in [0.15, 0.2) is 33.6 Å². The van der Waals surface area contributed by atoms with Gasteiger partial charge in [-0.3, -0.25) is 0 Å². The Bertz CT molecular complexity index is 397. The maximum absolute atomic E-state index is 11.7. The predicted octanol–water partition coefficient (Wildman–Crippen LogP) is 1.60. The van der Waals surface area contributed by atoms with E-state index in [2.05, 4.69) is 15.9 Å². The van der Waals surface area contributed by atoms with E-state index in [0.29, 0.717) is 0 Å². The largest absolute Gasteiger partial charge is 0.395 e. The first kappa shape index (κ1) is 11.7. The van der Waals surface area contributed by atoms with Crippen LogP contribution in [0.25, 0.3) is 0 Å². The summed E-state index contributed by atoms with van der Waals surface area (Å²) in [7, 11) is -3.38. The lowest BCUT2D eigenvalue weighted by Gasteiger charge is -2.09. The van der Waals surface area contributed by atoms with Crippen LogP contribution in [0.3, 0.4) is 0 Å². The molecule has 1 rings (SSSR count).